The van der Waals surface area contributed by atoms with Crippen LogP contribution < -0.4 is 11.1 Å². The highest BCUT2D eigenvalue weighted by molar-refractivity contribution is 14.1. The van der Waals surface area contributed by atoms with E-state index in [2.05, 4.69) is 5.32 Å². The topological polar surface area (TPSA) is 95.3 Å². The Kier molecular flexibility index (Phi) is 8.33. The predicted octanol–water partition coefficient (Wildman–Crippen LogP) is 0.181. The van der Waals surface area contributed by atoms with E-state index in [0.29, 0.717) is 13.2 Å². The number of hydrogen-bond donors (Lipinski definition) is 2. The normalized spacial score (nSPS) is 21.7. The number of halogens is 1. The van der Waals surface area contributed by atoms with Gasteiger partial charge in [0.15, 0.2) is 6.23 Å². The van der Waals surface area contributed by atoms with Gasteiger partial charge in [0.1, 0.15) is 29.1 Å². The summed E-state index contributed by atoms with van der Waals surface area (Å²) in [6, 6.07) is -0.349. The van der Waals surface area contributed by atoms with Crippen LogP contribution in [-0.4, -0.2) is 63.5 Å². The molecule has 1 aliphatic rings. The maximum absolute atomic E-state index is 12.0. The molecule has 0 radical (unpaired) electrons. The summed E-state index contributed by atoms with van der Waals surface area (Å²) >= 11 is 1.78. The number of nitrogens with two attached hydrogens (primary N) is 1. The molecule has 0 aromatic heterocycles. The van der Waals surface area contributed by atoms with Gasteiger partial charge in [-0.05, 0) is 6.08 Å². The third-order valence-corrected chi connectivity index (χ3v) is 3.09. The number of rotatable bonds is 9. The first-order valence-corrected chi connectivity index (χ1v) is 6.91. The van der Waals surface area contributed by atoms with Crippen LogP contribution in [0, 0.1) is 0 Å². The molecule has 2 amide bonds. The molecule has 0 bridgehead atoms. The molecule has 0 saturated heterocycles. The van der Waals surface area contributed by atoms with Crippen molar-refractivity contribution in [2.45, 2.75) is 18.5 Å². The van der Waals surface area contributed by atoms with Crippen molar-refractivity contribution in [3.63, 3.8) is 0 Å². The lowest BCUT2D eigenvalue weighted by Crippen LogP contribution is -2.57. The SMILES string of the molecule is COC[C@@H](OC)[C@@H](OCCOI)N1C=CC(N)NC1=O. The Morgan fingerprint density at radius 1 is 1.50 bits per heavy atom. The predicted molar refractivity (Wildman–Crippen MR) is 79.9 cm³/mol. The molecule has 0 fully saturated rings. The highest BCUT2D eigenvalue weighted by Crippen LogP contribution is 2.14. The monoisotopic (exact) mass is 401 g/mol. The van der Waals surface area contributed by atoms with E-state index >= 15 is 0 Å². The van der Waals surface area contributed by atoms with E-state index in [9.17, 15) is 4.79 Å². The fourth-order valence-electron chi connectivity index (χ4n) is 1.72. The maximum atomic E-state index is 12.0. The summed E-state index contributed by atoms with van der Waals surface area (Å²) in [7, 11) is 3.09. The zero-order valence-corrected chi connectivity index (χ0v) is 13.6. The first-order chi connectivity index (χ1) is 9.63. The number of methoxy groups -OCH3 is 2. The average molecular weight is 401 g/mol. The van der Waals surface area contributed by atoms with Gasteiger partial charge >= 0.3 is 6.03 Å². The van der Waals surface area contributed by atoms with Gasteiger partial charge < -0.3 is 28.3 Å². The highest BCUT2D eigenvalue weighted by Gasteiger charge is 2.33. The molecule has 20 heavy (non-hydrogen) atoms. The lowest BCUT2D eigenvalue weighted by atomic mass is 10.2. The fourth-order valence-corrected chi connectivity index (χ4v) is 1.90. The third kappa shape index (κ3) is 5.14. The number of nitrogens with zero attached hydrogens (tertiary/aromatic N) is 1. The maximum Gasteiger partial charge on any atom is 0.325 e. The first-order valence-electron chi connectivity index (χ1n) is 6.03. The lowest BCUT2D eigenvalue weighted by Gasteiger charge is -2.36. The van der Waals surface area contributed by atoms with E-state index in [0.717, 1.165) is 0 Å². The number of carbonyl (C=O) groups is 1. The number of hydrogen-bond acceptors (Lipinski definition) is 6. The molecule has 116 valence electrons. The van der Waals surface area contributed by atoms with Gasteiger partial charge in [-0.3, -0.25) is 4.90 Å². The quantitative estimate of drug-likeness (QED) is 0.423. The molecule has 0 spiro atoms. The second-order valence-corrected chi connectivity index (χ2v) is 4.65. The zero-order chi connectivity index (χ0) is 15.0. The van der Waals surface area contributed by atoms with Gasteiger partial charge in [-0.1, -0.05) is 0 Å². The van der Waals surface area contributed by atoms with Gasteiger partial charge in [0.05, 0.1) is 26.0 Å². The van der Waals surface area contributed by atoms with Crippen LogP contribution in [-0.2, 0) is 17.3 Å². The summed E-state index contributed by atoms with van der Waals surface area (Å²) in [5.74, 6) is 0. The Morgan fingerprint density at radius 3 is 2.80 bits per heavy atom. The van der Waals surface area contributed by atoms with Crippen molar-refractivity contribution in [1.29, 1.82) is 0 Å². The second-order valence-electron chi connectivity index (χ2n) is 4.03. The fraction of sp³-hybridized carbons (Fsp3) is 0.727. The summed E-state index contributed by atoms with van der Waals surface area (Å²) in [5.41, 5.74) is 5.61. The summed E-state index contributed by atoms with van der Waals surface area (Å²) in [6.07, 6.45) is 1.68. The molecular weight excluding hydrogens is 381 g/mol. The van der Waals surface area contributed by atoms with Crippen LogP contribution in [0.5, 0.6) is 0 Å². The molecule has 0 aliphatic carbocycles. The molecule has 3 atom stereocenters. The molecule has 9 heteroatoms. The molecular formula is C11H20IN3O5. The molecule has 0 saturated carbocycles. The molecule has 0 aromatic carbocycles. The molecule has 1 rings (SSSR count). The first kappa shape index (κ1) is 17.6. The van der Waals surface area contributed by atoms with Crippen LogP contribution >= 0.6 is 23.0 Å². The standard InChI is InChI=1S/C11H20IN3O5/c1-17-7-8(18-2)10(19-5-6-20-12)15-4-3-9(13)14-11(15)16/h3-4,8-10H,5-7,13H2,1-2H3,(H,14,16)/t8-,9?,10-/m1/s1. The van der Waals surface area contributed by atoms with Crippen LogP contribution in [0.4, 0.5) is 4.79 Å². The summed E-state index contributed by atoms with van der Waals surface area (Å²) in [6.45, 7) is 1.01. The van der Waals surface area contributed by atoms with Crippen LogP contribution in [0.1, 0.15) is 0 Å². The van der Waals surface area contributed by atoms with E-state index < -0.39 is 18.5 Å². The number of nitrogens with one attached hydrogen (secondary N) is 1. The number of carbonyl (C=O) groups excluding carboxylic acids is 1. The van der Waals surface area contributed by atoms with Gasteiger partial charge in [0.25, 0.3) is 0 Å². The van der Waals surface area contributed by atoms with Crippen LogP contribution in [0.2, 0.25) is 0 Å². The van der Waals surface area contributed by atoms with Gasteiger partial charge in [-0.2, -0.15) is 0 Å². The van der Waals surface area contributed by atoms with Gasteiger partial charge in [0.2, 0.25) is 0 Å². The van der Waals surface area contributed by atoms with Crippen LogP contribution in [0.25, 0.3) is 0 Å². The van der Waals surface area contributed by atoms with Crippen LogP contribution in [0.15, 0.2) is 12.3 Å². The Bertz CT molecular complexity index is 331. The van der Waals surface area contributed by atoms with E-state index in [1.807, 2.05) is 0 Å². The molecule has 1 aliphatic heterocycles. The van der Waals surface area contributed by atoms with Crippen molar-refractivity contribution in [3.05, 3.63) is 12.3 Å². The second kappa shape index (κ2) is 9.47. The van der Waals surface area contributed by atoms with Crippen LogP contribution in [0.3, 0.4) is 0 Å². The van der Waals surface area contributed by atoms with Gasteiger partial charge in [-0.15, -0.1) is 0 Å². The zero-order valence-electron chi connectivity index (χ0n) is 11.5. The lowest BCUT2D eigenvalue weighted by molar-refractivity contribution is -0.128. The van der Waals surface area contributed by atoms with E-state index in [-0.39, 0.29) is 12.6 Å². The molecule has 3 N–H and O–H groups in total. The minimum absolute atomic E-state index is 0.288. The number of urea groups is 1. The van der Waals surface area contributed by atoms with E-state index in [4.69, 9.17) is 23.0 Å². The highest BCUT2D eigenvalue weighted by atomic mass is 127. The average Bonchev–Trinajstić information content (AvgIpc) is 2.43. The Labute approximate surface area is 132 Å². The van der Waals surface area contributed by atoms with Crippen molar-refractivity contribution in [3.8, 4) is 0 Å². The molecule has 0 aromatic rings. The summed E-state index contributed by atoms with van der Waals surface area (Å²) < 4.78 is 21.0. The number of ether oxygens (including phenoxy) is 3. The van der Waals surface area contributed by atoms with Crippen molar-refractivity contribution < 1.29 is 22.1 Å². The Hall–Kier alpha value is -0.460. The Morgan fingerprint density at radius 2 is 2.25 bits per heavy atom. The van der Waals surface area contributed by atoms with Crippen molar-refractivity contribution in [2.24, 2.45) is 5.73 Å². The third-order valence-electron chi connectivity index (χ3n) is 2.65. The van der Waals surface area contributed by atoms with Crippen molar-refractivity contribution >= 4 is 29.0 Å². The van der Waals surface area contributed by atoms with Gasteiger partial charge in [-0.25, -0.2) is 4.79 Å². The van der Waals surface area contributed by atoms with Crippen molar-refractivity contribution in [1.82, 2.24) is 10.2 Å². The van der Waals surface area contributed by atoms with Gasteiger partial charge in [0, 0.05) is 20.4 Å². The summed E-state index contributed by atoms with van der Waals surface area (Å²) in [4.78, 5) is 13.4. The minimum Gasteiger partial charge on any atom is -0.382 e. The smallest absolute Gasteiger partial charge is 0.325 e. The Balaban J connectivity index is 2.79. The molecule has 1 heterocycles. The number of amides is 2. The largest absolute Gasteiger partial charge is 0.382 e. The van der Waals surface area contributed by atoms with E-state index in [1.165, 1.54) is 12.0 Å². The molecule has 1 unspecified atom stereocenters. The minimum atomic E-state index is -0.629. The molecule has 8 nitrogen and oxygen atoms in total. The van der Waals surface area contributed by atoms with Crippen molar-refractivity contribution in [2.75, 3.05) is 34.0 Å². The summed E-state index contributed by atoms with van der Waals surface area (Å²) in [5, 5.41) is 2.59. The van der Waals surface area contributed by atoms with E-state index in [1.54, 1.807) is 42.4 Å².